The molecule has 1 aromatic carbocycles. The first-order valence-corrected chi connectivity index (χ1v) is 8.72. The standard InChI is InChI=1S/C19H15Cl2N3O3/c1-12-15(20)10-22-18(17(12)21)23-16(25)11-27-19(26)13-5-4-6-14(9-13)24-7-2-3-8-24/h2-10H,11H2,1H3,(H,22,23,25). The summed E-state index contributed by atoms with van der Waals surface area (Å²) in [6.07, 6.45) is 5.11. The summed E-state index contributed by atoms with van der Waals surface area (Å²) in [6.45, 7) is 1.24. The molecule has 0 saturated carbocycles. The van der Waals surface area contributed by atoms with Crippen LogP contribution in [0.3, 0.4) is 0 Å². The van der Waals surface area contributed by atoms with E-state index in [1.165, 1.54) is 6.20 Å². The molecule has 1 amide bonds. The van der Waals surface area contributed by atoms with Crippen LogP contribution >= 0.6 is 23.2 Å². The maximum Gasteiger partial charge on any atom is 0.338 e. The molecule has 1 N–H and O–H groups in total. The molecule has 6 nitrogen and oxygen atoms in total. The van der Waals surface area contributed by atoms with E-state index in [1.807, 2.05) is 35.2 Å². The lowest BCUT2D eigenvalue weighted by atomic mass is 10.2. The molecule has 0 fully saturated rings. The van der Waals surface area contributed by atoms with Crippen molar-refractivity contribution in [2.45, 2.75) is 6.92 Å². The summed E-state index contributed by atoms with van der Waals surface area (Å²) in [4.78, 5) is 28.2. The van der Waals surface area contributed by atoms with E-state index in [-0.39, 0.29) is 10.8 Å². The number of carbonyl (C=O) groups excluding carboxylic acids is 2. The first kappa shape index (κ1) is 18.9. The predicted octanol–water partition coefficient (Wildman–Crippen LogP) is 4.28. The zero-order valence-corrected chi connectivity index (χ0v) is 15.8. The molecule has 0 radical (unpaired) electrons. The van der Waals surface area contributed by atoms with E-state index < -0.39 is 18.5 Å². The predicted molar refractivity (Wildman–Crippen MR) is 104 cm³/mol. The van der Waals surface area contributed by atoms with E-state index in [0.717, 1.165) is 5.69 Å². The highest BCUT2D eigenvalue weighted by Crippen LogP contribution is 2.28. The molecule has 0 spiro atoms. The van der Waals surface area contributed by atoms with Crippen LogP contribution in [0.2, 0.25) is 10.0 Å². The van der Waals surface area contributed by atoms with Gasteiger partial charge in [0, 0.05) is 24.3 Å². The summed E-state index contributed by atoms with van der Waals surface area (Å²) in [7, 11) is 0. The van der Waals surface area contributed by atoms with Crippen LogP contribution < -0.4 is 5.32 Å². The first-order valence-electron chi connectivity index (χ1n) is 7.96. The van der Waals surface area contributed by atoms with Crippen molar-refractivity contribution in [1.29, 1.82) is 0 Å². The Balaban J connectivity index is 1.62. The van der Waals surface area contributed by atoms with Crippen LogP contribution in [0.5, 0.6) is 0 Å². The lowest BCUT2D eigenvalue weighted by molar-refractivity contribution is -0.119. The average Bonchev–Trinajstić information content (AvgIpc) is 3.21. The van der Waals surface area contributed by atoms with E-state index in [1.54, 1.807) is 25.1 Å². The molecular weight excluding hydrogens is 389 g/mol. The van der Waals surface area contributed by atoms with Crippen LogP contribution in [0.4, 0.5) is 5.82 Å². The summed E-state index contributed by atoms with van der Waals surface area (Å²) in [5, 5.41) is 3.13. The van der Waals surface area contributed by atoms with Gasteiger partial charge in [-0.1, -0.05) is 29.3 Å². The van der Waals surface area contributed by atoms with Crippen LogP contribution in [-0.2, 0) is 9.53 Å². The van der Waals surface area contributed by atoms with Gasteiger partial charge in [-0.25, -0.2) is 9.78 Å². The number of anilines is 1. The zero-order chi connectivity index (χ0) is 19.4. The molecule has 27 heavy (non-hydrogen) atoms. The van der Waals surface area contributed by atoms with Gasteiger partial charge in [0.05, 0.1) is 15.6 Å². The summed E-state index contributed by atoms with van der Waals surface area (Å²) >= 11 is 12.0. The van der Waals surface area contributed by atoms with Gasteiger partial charge in [-0.2, -0.15) is 0 Å². The number of halogens is 2. The molecule has 0 atom stereocenters. The lowest BCUT2D eigenvalue weighted by Crippen LogP contribution is -2.21. The van der Waals surface area contributed by atoms with E-state index in [4.69, 9.17) is 27.9 Å². The fourth-order valence-electron chi connectivity index (χ4n) is 2.33. The van der Waals surface area contributed by atoms with Crippen molar-refractivity contribution in [2.24, 2.45) is 0 Å². The summed E-state index contributed by atoms with van der Waals surface area (Å²) < 4.78 is 6.93. The Morgan fingerprint density at radius 2 is 1.93 bits per heavy atom. The molecule has 0 aliphatic rings. The van der Waals surface area contributed by atoms with Gasteiger partial charge in [0.2, 0.25) is 0 Å². The number of nitrogens with zero attached hydrogens (tertiary/aromatic N) is 2. The number of carbonyl (C=O) groups is 2. The topological polar surface area (TPSA) is 73.2 Å². The summed E-state index contributed by atoms with van der Waals surface area (Å²) in [5.74, 6) is -0.999. The number of ether oxygens (including phenoxy) is 1. The minimum absolute atomic E-state index is 0.161. The Bertz CT molecular complexity index is 988. The summed E-state index contributed by atoms with van der Waals surface area (Å²) in [5.41, 5.74) is 1.75. The normalized spacial score (nSPS) is 10.5. The molecule has 3 aromatic rings. The van der Waals surface area contributed by atoms with Gasteiger partial charge in [0.15, 0.2) is 12.4 Å². The summed E-state index contributed by atoms with van der Waals surface area (Å²) in [6, 6.07) is 10.7. The third-order valence-corrected chi connectivity index (χ3v) is 4.62. The number of aromatic nitrogens is 2. The van der Waals surface area contributed by atoms with Gasteiger partial charge in [-0.3, -0.25) is 4.79 Å². The molecule has 0 unspecified atom stereocenters. The molecule has 0 aliphatic carbocycles. The van der Waals surface area contributed by atoms with Crippen molar-refractivity contribution in [3.8, 4) is 5.69 Å². The molecule has 0 saturated heterocycles. The minimum Gasteiger partial charge on any atom is -0.452 e. The number of rotatable bonds is 5. The van der Waals surface area contributed by atoms with E-state index in [9.17, 15) is 9.59 Å². The van der Waals surface area contributed by atoms with Crippen molar-refractivity contribution in [3.05, 3.63) is 76.2 Å². The fraction of sp³-hybridized carbons (Fsp3) is 0.105. The highest BCUT2D eigenvalue weighted by Gasteiger charge is 2.14. The minimum atomic E-state index is -0.606. The second-order valence-electron chi connectivity index (χ2n) is 5.66. The Morgan fingerprint density at radius 3 is 2.67 bits per heavy atom. The molecule has 3 rings (SSSR count). The highest BCUT2D eigenvalue weighted by atomic mass is 35.5. The number of hydrogen-bond donors (Lipinski definition) is 1. The molecule has 0 bridgehead atoms. The number of benzene rings is 1. The molecular formula is C19H15Cl2N3O3. The lowest BCUT2D eigenvalue weighted by Gasteiger charge is -2.10. The van der Waals surface area contributed by atoms with E-state index in [0.29, 0.717) is 16.1 Å². The maximum absolute atomic E-state index is 12.2. The maximum atomic E-state index is 12.2. The largest absolute Gasteiger partial charge is 0.452 e. The van der Waals surface area contributed by atoms with Gasteiger partial charge in [-0.15, -0.1) is 0 Å². The number of amides is 1. The van der Waals surface area contributed by atoms with Crippen molar-refractivity contribution >= 4 is 40.9 Å². The third kappa shape index (κ3) is 4.48. The highest BCUT2D eigenvalue weighted by molar-refractivity contribution is 6.37. The van der Waals surface area contributed by atoms with Crippen LogP contribution in [0.25, 0.3) is 5.69 Å². The van der Waals surface area contributed by atoms with Gasteiger partial charge < -0.3 is 14.6 Å². The smallest absolute Gasteiger partial charge is 0.338 e. The molecule has 2 heterocycles. The third-order valence-electron chi connectivity index (χ3n) is 3.78. The van der Waals surface area contributed by atoms with Crippen molar-refractivity contribution in [1.82, 2.24) is 9.55 Å². The number of hydrogen-bond acceptors (Lipinski definition) is 4. The average molecular weight is 404 g/mol. The Morgan fingerprint density at radius 1 is 1.19 bits per heavy atom. The molecule has 138 valence electrons. The van der Waals surface area contributed by atoms with Crippen molar-refractivity contribution in [2.75, 3.05) is 11.9 Å². The van der Waals surface area contributed by atoms with Gasteiger partial charge in [0.1, 0.15) is 0 Å². The van der Waals surface area contributed by atoms with Crippen LogP contribution in [0.1, 0.15) is 15.9 Å². The Kier molecular flexibility index (Phi) is 5.78. The van der Waals surface area contributed by atoms with Crippen molar-refractivity contribution < 1.29 is 14.3 Å². The van der Waals surface area contributed by atoms with Gasteiger partial charge in [0.25, 0.3) is 5.91 Å². The first-order chi connectivity index (χ1) is 13.0. The monoisotopic (exact) mass is 403 g/mol. The van der Waals surface area contributed by atoms with Gasteiger partial charge in [-0.05, 0) is 42.8 Å². The number of pyridine rings is 1. The SMILES string of the molecule is Cc1c(Cl)cnc(NC(=O)COC(=O)c2cccc(-n3cccc3)c2)c1Cl. The molecule has 2 aromatic heterocycles. The number of esters is 1. The van der Waals surface area contributed by atoms with Crippen LogP contribution in [0.15, 0.2) is 55.0 Å². The second-order valence-corrected chi connectivity index (χ2v) is 6.44. The molecule has 8 heteroatoms. The van der Waals surface area contributed by atoms with E-state index in [2.05, 4.69) is 10.3 Å². The van der Waals surface area contributed by atoms with Crippen LogP contribution in [0, 0.1) is 6.92 Å². The molecule has 0 aliphatic heterocycles. The second kappa shape index (κ2) is 8.24. The Labute approximate surface area is 165 Å². The van der Waals surface area contributed by atoms with Gasteiger partial charge >= 0.3 is 5.97 Å². The van der Waals surface area contributed by atoms with E-state index >= 15 is 0 Å². The number of nitrogens with one attached hydrogen (secondary N) is 1. The quantitative estimate of drug-likeness (QED) is 0.645. The van der Waals surface area contributed by atoms with Crippen molar-refractivity contribution in [3.63, 3.8) is 0 Å². The zero-order valence-electron chi connectivity index (χ0n) is 14.3. The Hall–Kier alpha value is -2.83. The fourth-order valence-corrected chi connectivity index (χ4v) is 2.72. The van der Waals surface area contributed by atoms with Crippen LogP contribution in [-0.4, -0.2) is 28.0 Å².